The van der Waals surface area contributed by atoms with Gasteiger partial charge in [0.15, 0.2) is 0 Å². The minimum absolute atomic E-state index is 0.0599. The summed E-state index contributed by atoms with van der Waals surface area (Å²) < 4.78 is 0. The van der Waals surface area contributed by atoms with Crippen LogP contribution >= 0.6 is 11.6 Å². The zero-order chi connectivity index (χ0) is 16.3. The lowest BCUT2D eigenvalue weighted by atomic mass is 10.1. The lowest BCUT2D eigenvalue weighted by Crippen LogP contribution is -2.14. The maximum atomic E-state index is 12.2. The Hall–Kier alpha value is -2.93. The van der Waals surface area contributed by atoms with Crippen LogP contribution in [-0.2, 0) is 0 Å². The van der Waals surface area contributed by atoms with Crippen molar-refractivity contribution in [2.75, 3.05) is 5.32 Å². The molecule has 2 rings (SSSR count). The van der Waals surface area contributed by atoms with Crippen molar-refractivity contribution in [1.29, 1.82) is 0 Å². The molecule has 0 radical (unpaired) electrons. The molecule has 0 saturated carbocycles. The Bertz CT molecular complexity index is 776. The van der Waals surface area contributed by atoms with E-state index >= 15 is 0 Å². The first-order valence-electron chi connectivity index (χ1n) is 5.97. The molecule has 0 saturated heterocycles. The second-order valence-electron chi connectivity index (χ2n) is 4.23. The fraction of sp³-hybridized carbons (Fsp3) is 0. The van der Waals surface area contributed by atoms with Gasteiger partial charge in [0.05, 0.1) is 21.2 Å². The molecule has 0 heterocycles. The maximum absolute atomic E-state index is 12.2. The van der Waals surface area contributed by atoms with Gasteiger partial charge in [0.2, 0.25) is 0 Å². The smallest absolute Gasteiger partial charge is 0.335 e. The normalized spacial score (nSPS) is 10.0. The number of amides is 1. The number of nitrogens with one attached hydrogen (secondary N) is 1. The highest BCUT2D eigenvalue weighted by Gasteiger charge is 2.20. The number of hydrogen-bond acceptors (Lipinski definition) is 4. The van der Waals surface area contributed by atoms with Gasteiger partial charge >= 0.3 is 5.97 Å². The average molecular weight is 321 g/mol. The van der Waals surface area contributed by atoms with Gasteiger partial charge in [-0.1, -0.05) is 23.7 Å². The molecule has 0 spiro atoms. The van der Waals surface area contributed by atoms with Crippen LogP contribution in [0.5, 0.6) is 0 Å². The van der Waals surface area contributed by atoms with E-state index in [4.69, 9.17) is 16.7 Å². The second-order valence-corrected chi connectivity index (χ2v) is 4.64. The van der Waals surface area contributed by atoms with Crippen LogP contribution in [0.4, 0.5) is 11.4 Å². The van der Waals surface area contributed by atoms with Crippen LogP contribution < -0.4 is 5.32 Å². The zero-order valence-electron chi connectivity index (χ0n) is 10.9. The van der Waals surface area contributed by atoms with Gasteiger partial charge in [0.1, 0.15) is 5.56 Å². The number of anilines is 1. The van der Waals surface area contributed by atoms with E-state index in [1.165, 1.54) is 42.5 Å². The molecule has 2 aromatic carbocycles. The molecule has 0 bridgehead atoms. The molecule has 112 valence electrons. The van der Waals surface area contributed by atoms with E-state index in [9.17, 15) is 19.7 Å². The van der Waals surface area contributed by atoms with Crippen LogP contribution in [0.1, 0.15) is 20.7 Å². The molecule has 0 fully saturated rings. The Morgan fingerprint density at radius 3 is 2.50 bits per heavy atom. The summed E-state index contributed by atoms with van der Waals surface area (Å²) in [6.07, 6.45) is 0. The number of carbonyl (C=O) groups excluding carboxylic acids is 1. The summed E-state index contributed by atoms with van der Waals surface area (Å²) in [7, 11) is 0. The molecule has 22 heavy (non-hydrogen) atoms. The number of halogens is 1. The number of nitro groups is 1. The minimum atomic E-state index is -1.18. The first-order chi connectivity index (χ1) is 10.4. The number of nitro benzene ring substituents is 1. The molecule has 2 aromatic rings. The average Bonchev–Trinajstić information content (AvgIpc) is 2.49. The number of para-hydroxylation sites is 1. The molecule has 7 nitrogen and oxygen atoms in total. The lowest BCUT2D eigenvalue weighted by molar-refractivity contribution is -0.385. The van der Waals surface area contributed by atoms with Gasteiger partial charge in [-0.2, -0.15) is 0 Å². The van der Waals surface area contributed by atoms with Gasteiger partial charge in [0.25, 0.3) is 11.6 Å². The third kappa shape index (κ3) is 3.21. The minimum Gasteiger partial charge on any atom is -0.478 e. The number of nitrogens with zero attached hydrogens (tertiary/aromatic N) is 1. The molecule has 0 aromatic heterocycles. The second kappa shape index (κ2) is 6.23. The summed E-state index contributed by atoms with van der Waals surface area (Å²) in [5.74, 6) is -1.94. The first-order valence-corrected chi connectivity index (χ1v) is 6.35. The Morgan fingerprint density at radius 1 is 1.18 bits per heavy atom. The summed E-state index contributed by atoms with van der Waals surface area (Å²) in [4.78, 5) is 33.3. The van der Waals surface area contributed by atoms with Gasteiger partial charge in [-0.25, -0.2) is 4.79 Å². The monoisotopic (exact) mass is 320 g/mol. The Morgan fingerprint density at radius 2 is 1.86 bits per heavy atom. The fourth-order valence-corrected chi connectivity index (χ4v) is 1.93. The van der Waals surface area contributed by atoms with E-state index in [-0.39, 0.29) is 27.5 Å². The summed E-state index contributed by atoms with van der Waals surface area (Å²) in [6, 6.07) is 9.19. The van der Waals surface area contributed by atoms with Crippen molar-refractivity contribution in [1.82, 2.24) is 0 Å². The summed E-state index contributed by atoms with van der Waals surface area (Å²) in [5, 5.41) is 22.3. The van der Waals surface area contributed by atoms with Crippen LogP contribution in [0.2, 0.25) is 5.02 Å². The number of rotatable bonds is 4. The highest BCUT2D eigenvalue weighted by atomic mass is 35.5. The SMILES string of the molecule is O=C(O)c1ccc(Cl)c(NC(=O)c2ccccc2[N+](=O)[O-])c1. The summed E-state index contributed by atoms with van der Waals surface area (Å²) in [5.41, 5.74) is -0.512. The Kier molecular flexibility index (Phi) is 4.38. The molecule has 0 atom stereocenters. The summed E-state index contributed by atoms with van der Waals surface area (Å²) >= 11 is 5.89. The summed E-state index contributed by atoms with van der Waals surface area (Å²) in [6.45, 7) is 0. The third-order valence-electron chi connectivity index (χ3n) is 2.81. The van der Waals surface area contributed by atoms with Gasteiger partial charge in [-0.15, -0.1) is 0 Å². The molecule has 0 unspecified atom stereocenters. The topological polar surface area (TPSA) is 110 Å². The molecule has 2 N–H and O–H groups in total. The molecule has 0 aliphatic carbocycles. The van der Waals surface area contributed by atoms with Crippen LogP contribution in [0, 0.1) is 10.1 Å². The van der Waals surface area contributed by atoms with E-state index < -0.39 is 16.8 Å². The number of aromatic carboxylic acids is 1. The maximum Gasteiger partial charge on any atom is 0.335 e. The molecular weight excluding hydrogens is 312 g/mol. The Balaban J connectivity index is 2.36. The van der Waals surface area contributed by atoms with E-state index in [1.54, 1.807) is 0 Å². The first kappa shape index (κ1) is 15.5. The van der Waals surface area contributed by atoms with Crippen LogP contribution in [0.15, 0.2) is 42.5 Å². The molecule has 0 aliphatic rings. The molecular formula is C14H9ClN2O5. The van der Waals surface area contributed by atoms with Gasteiger partial charge in [-0.05, 0) is 24.3 Å². The van der Waals surface area contributed by atoms with E-state index in [1.807, 2.05) is 0 Å². The van der Waals surface area contributed by atoms with Crippen molar-refractivity contribution in [3.05, 3.63) is 68.7 Å². The Labute approximate surface area is 129 Å². The zero-order valence-corrected chi connectivity index (χ0v) is 11.7. The van der Waals surface area contributed by atoms with Crippen molar-refractivity contribution < 1.29 is 19.6 Å². The largest absolute Gasteiger partial charge is 0.478 e. The standard InChI is InChI=1S/C14H9ClN2O5/c15-10-6-5-8(14(19)20)7-11(10)16-13(18)9-3-1-2-4-12(9)17(21)22/h1-7H,(H,16,18)(H,19,20). The third-order valence-corrected chi connectivity index (χ3v) is 3.14. The predicted octanol–water partition coefficient (Wildman–Crippen LogP) is 3.20. The van der Waals surface area contributed by atoms with E-state index in [0.29, 0.717) is 0 Å². The fourth-order valence-electron chi connectivity index (χ4n) is 1.77. The van der Waals surface area contributed by atoms with Crippen LogP contribution in [0.25, 0.3) is 0 Å². The number of carbonyl (C=O) groups is 2. The van der Waals surface area contributed by atoms with E-state index in [0.717, 1.165) is 0 Å². The molecule has 8 heteroatoms. The number of hydrogen-bond donors (Lipinski definition) is 2. The molecule has 1 amide bonds. The quantitative estimate of drug-likeness (QED) is 0.664. The van der Waals surface area contributed by atoms with Gasteiger partial charge in [0, 0.05) is 6.07 Å². The lowest BCUT2D eigenvalue weighted by Gasteiger charge is -2.08. The number of benzene rings is 2. The van der Waals surface area contributed by atoms with Crippen molar-refractivity contribution in [2.24, 2.45) is 0 Å². The van der Waals surface area contributed by atoms with Crippen molar-refractivity contribution >= 4 is 34.9 Å². The number of carboxylic acid groups (broad SMARTS) is 1. The van der Waals surface area contributed by atoms with Gasteiger partial charge < -0.3 is 10.4 Å². The highest BCUT2D eigenvalue weighted by Crippen LogP contribution is 2.25. The number of carboxylic acids is 1. The van der Waals surface area contributed by atoms with Crippen molar-refractivity contribution in [2.45, 2.75) is 0 Å². The van der Waals surface area contributed by atoms with Crippen molar-refractivity contribution in [3.8, 4) is 0 Å². The van der Waals surface area contributed by atoms with Crippen LogP contribution in [0.3, 0.4) is 0 Å². The van der Waals surface area contributed by atoms with Crippen molar-refractivity contribution in [3.63, 3.8) is 0 Å². The van der Waals surface area contributed by atoms with Crippen LogP contribution in [-0.4, -0.2) is 21.9 Å². The molecule has 0 aliphatic heterocycles. The van der Waals surface area contributed by atoms with E-state index in [2.05, 4.69) is 5.32 Å². The highest BCUT2D eigenvalue weighted by molar-refractivity contribution is 6.34. The van der Waals surface area contributed by atoms with Gasteiger partial charge in [-0.3, -0.25) is 14.9 Å². The predicted molar refractivity (Wildman–Crippen MR) is 79.5 cm³/mol.